The minimum atomic E-state index is -0.938. The maximum atomic E-state index is 13.3. The van der Waals surface area contributed by atoms with Crippen LogP contribution in [-0.2, 0) is 5.75 Å². The molecule has 7 nitrogen and oxygen atoms in total. The molecule has 0 saturated heterocycles. The van der Waals surface area contributed by atoms with Gasteiger partial charge in [0.1, 0.15) is 5.82 Å². The summed E-state index contributed by atoms with van der Waals surface area (Å²) in [5.74, 6) is -0.646. The van der Waals surface area contributed by atoms with Gasteiger partial charge in [0.25, 0.3) is 0 Å². The molecule has 10 heteroatoms. The Bertz CT molecular complexity index is 1060. The molecule has 136 valence electrons. The predicted molar refractivity (Wildman–Crippen MR) is 99.5 cm³/mol. The van der Waals surface area contributed by atoms with E-state index in [0.717, 1.165) is 17.8 Å². The Morgan fingerprint density at radius 1 is 1.00 bits per heavy atom. The lowest BCUT2D eigenvalue weighted by Crippen LogP contribution is -2.06. The van der Waals surface area contributed by atoms with Crippen LogP contribution in [0.2, 0.25) is 0 Å². The van der Waals surface area contributed by atoms with Crippen LogP contribution in [0.15, 0.2) is 47.6 Å². The van der Waals surface area contributed by atoms with Crippen LogP contribution in [0.1, 0.15) is 5.82 Å². The smallest absolute Gasteiger partial charge is 0.232 e. The van der Waals surface area contributed by atoms with E-state index in [0.29, 0.717) is 33.7 Å². The van der Waals surface area contributed by atoms with E-state index >= 15 is 0 Å². The minimum absolute atomic E-state index is 0.0905. The monoisotopic (exact) mass is 385 g/mol. The number of rotatable bonds is 5. The van der Waals surface area contributed by atoms with Gasteiger partial charge in [-0.05, 0) is 12.1 Å². The second kappa shape index (κ2) is 7.16. The lowest BCUT2D eigenvalue weighted by atomic mass is 10.3. The number of halogens is 2. The second-order valence-corrected chi connectivity index (χ2v) is 6.50. The number of aromatic amines is 1. The Balaban J connectivity index is 1.51. The number of hydrogen-bond donors (Lipinski definition) is 3. The van der Waals surface area contributed by atoms with Crippen molar-refractivity contribution in [2.45, 2.75) is 10.9 Å². The largest absolute Gasteiger partial charge is 0.368 e. The molecule has 4 rings (SSSR count). The predicted octanol–water partition coefficient (Wildman–Crippen LogP) is 3.64. The van der Waals surface area contributed by atoms with Crippen molar-refractivity contribution >= 4 is 40.4 Å². The highest BCUT2D eigenvalue weighted by atomic mass is 32.2. The van der Waals surface area contributed by atoms with Crippen LogP contribution in [0.25, 0.3) is 11.0 Å². The Morgan fingerprint density at radius 3 is 2.59 bits per heavy atom. The van der Waals surface area contributed by atoms with E-state index in [4.69, 9.17) is 5.73 Å². The zero-order valence-corrected chi connectivity index (χ0v) is 14.6. The summed E-state index contributed by atoms with van der Waals surface area (Å²) in [7, 11) is 0. The number of nitrogens with zero attached hydrogens (tertiary/aromatic N) is 4. The first kappa shape index (κ1) is 17.2. The third-order valence-electron chi connectivity index (χ3n) is 3.57. The molecule has 0 fully saturated rings. The van der Waals surface area contributed by atoms with Gasteiger partial charge in [-0.15, -0.1) is 0 Å². The first-order valence-electron chi connectivity index (χ1n) is 7.87. The van der Waals surface area contributed by atoms with Crippen LogP contribution in [0.4, 0.5) is 26.4 Å². The molecule has 0 radical (unpaired) electrons. The van der Waals surface area contributed by atoms with Gasteiger partial charge < -0.3 is 16.0 Å². The van der Waals surface area contributed by atoms with E-state index in [-0.39, 0.29) is 5.95 Å². The average molecular weight is 385 g/mol. The fourth-order valence-electron chi connectivity index (χ4n) is 2.39. The molecule has 27 heavy (non-hydrogen) atoms. The minimum Gasteiger partial charge on any atom is -0.368 e. The highest BCUT2D eigenvalue weighted by molar-refractivity contribution is 7.98. The summed E-state index contributed by atoms with van der Waals surface area (Å²) in [6.45, 7) is 0. The Kier molecular flexibility index (Phi) is 4.55. The zero-order valence-electron chi connectivity index (χ0n) is 13.8. The summed E-state index contributed by atoms with van der Waals surface area (Å²) in [5.41, 5.74) is 7.34. The summed E-state index contributed by atoms with van der Waals surface area (Å²) >= 11 is 1.29. The van der Waals surface area contributed by atoms with Gasteiger partial charge in [0, 0.05) is 17.8 Å². The first-order valence-corrected chi connectivity index (χ1v) is 8.85. The van der Waals surface area contributed by atoms with E-state index in [1.165, 1.54) is 11.8 Å². The molecule has 0 aliphatic carbocycles. The van der Waals surface area contributed by atoms with E-state index in [2.05, 4.69) is 30.2 Å². The van der Waals surface area contributed by atoms with Crippen molar-refractivity contribution in [2.24, 2.45) is 0 Å². The third-order valence-corrected chi connectivity index (χ3v) is 4.44. The fourth-order valence-corrected chi connectivity index (χ4v) is 3.13. The quantitative estimate of drug-likeness (QED) is 0.450. The normalized spacial score (nSPS) is 11.0. The molecule has 0 aliphatic rings. The Hall–Kier alpha value is -3.27. The Morgan fingerprint density at radius 2 is 1.78 bits per heavy atom. The molecule has 0 spiro atoms. The summed E-state index contributed by atoms with van der Waals surface area (Å²) in [6.07, 6.45) is 0. The summed E-state index contributed by atoms with van der Waals surface area (Å²) in [6, 6.07) is 11.6. The van der Waals surface area contributed by atoms with Crippen molar-refractivity contribution in [2.75, 3.05) is 11.1 Å². The number of para-hydroxylation sites is 1. The number of nitrogens with two attached hydrogens (primary N) is 1. The molecule has 0 atom stereocenters. The molecule has 4 N–H and O–H groups in total. The van der Waals surface area contributed by atoms with Crippen LogP contribution in [0.3, 0.4) is 0 Å². The highest BCUT2D eigenvalue weighted by Gasteiger charge is 2.11. The highest BCUT2D eigenvalue weighted by Crippen LogP contribution is 2.24. The molecule has 0 aliphatic heterocycles. The number of H-pyrrole nitrogens is 1. The fraction of sp³-hybridized carbons (Fsp3) is 0.0588. The number of nitrogens with one attached hydrogen (secondary N) is 2. The maximum absolute atomic E-state index is 13.3. The van der Waals surface area contributed by atoms with Crippen molar-refractivity contribution in [3.63, 3.8) is 0 Å². The molecule has 2 aromatic carbocycles. The first-order chi connectivity index (χ1) is 13.1. The standard InChI is InChI=1S/C17H13F2N7S/c18-10-6-12-13(7-11(10)19)23-17(22-12)27-8-14-24-15(20)26-16(25-14)21-9-4-2-1-3-5-9/h1-7H,8H2,(H,22,23)(H3,20,21,24,25,26). The van der Waals surface area contributed by atoms with E-state index in [9.17, 15) is 8.78 Å². The molecule has 0 saturated carbocycles. The van der Waals surface area contributed by atoms with Gasteiger partial charge in [0.05, 0.1) is 16.8 Å². The van der Waals surface area contributed by atoms with Crippen LogP contribution in [0.5, 0.6) is 0 Å². The molecule has 0 amide bonds. The Labute approximate surface area is 156 Å². The van der Waals surface area contributed by atoms with Crippen LogP contribution in [0, 0.1) is 11.6 Å². The summed E-state index contributed by atoms with van der Waals surface area (Å²) in [5, 5.41) is 3.55. The van der Waals surface area contributed by atoms with E-state index in [1.807, 2.05) is 30.3 Å². The topological polar surface area (TPSA) is 105 Å². The molecule has 2 heterocycles. The number of imidazole rings is 1. The van der Waals surface area contributed by atoms with Crippen molar-refractivity contribution in [3.8, 4) is 0 Å². The number of fused-ring (bicyclic) bond motifs is 1. The van der Waals surface area contributed by atoms with Gasteiger partial charge >= 0.3 is 0 Å². The number of nitrogen functional groups attached to an aromatic ring is 1. The van der Waals surface area contributed by atoms with E-state index < -0.39 is 11.6 Å². The third kappa shape index (κ3) is 3.95. The van der Waals surface area contributed by atoms with Crippen molar-refractivity contribution in [1.82, 2.24) is 24.9 Å². The van der Waals surface area contributed by atoms with Crippen LogP contribution in [-0.4, -0.2) is 24.9 Å². The number of thioether (sulfide) groups is 1. The second-order valence-electron chi connectivity index (χ2n) is 5.54. The van der Waals surface area contributed by atoms with Gasteiger partial charge in [-0.2, -0.15) is 15.0 Å². The summed E-state index contributed by atoms with van der Waals surface area (Å²) in [4.78, 5) is 19.7. The van der Waals surface area contributed by atoms with Gasteiger partial charge in [0.15, 0.2) is 16.8 Å². The van der Waals surface area contributed by atoms with Crippen molar-refractivity contribution in [1.29, 1.82) is 0 Å². The lowest BCUT2D eigenvalue weighted by Gasteiger charge is -2.06. The number of hydrogen-bond acceptors (Lipinski definition) is 7. The maximum Gasteiger partial charge on any atom is 0.232 e. The van der Waals surface area contributed by atoms with Crippen molar-refractivity contribution in [3.05, 3.63) is 59.9 Å². The average Bonchev–Trinajstić information content (AvgIpc) is 3.02. The van der Waals surface area contributed by atoms with Gasteiger partial charge in [-0.25, -0.2) is 13.8 Å². The molecule has 2 aromatic heterocycles. The molecule has 0 unspecified atom stereocenters. The van der Waals surface area contributed by atoms with Gasteiger partial charge in [-0.3, -0.25) is 0 Å². The molecule has 4 aromatic rings. The zero-order chi connectivity index (χ0) is 18.8. The lowest BCUT2D eigenvalue weighted by molar-refractivity contribution is 0.510. The number of aromatic nitrogens is 5. The van der Waals surface area contributed by atoms with E-state index in [1.54, 1.807) is 0 Å². The van der Waals surface area contributed by atoms with Gasteiger partial charge in [-0.1, -0.05) is 30.0 Å². The van der Waals surface area contributed by atoms with Crippen LogP contribution >= 0.6 is 11.8 Å². The molecular formula is C17H13F2N7S. The van der Waals surface area contributed by atoms with Gasteiger partial charge in [0.2, 0.25) is 11.9 Å². The van der Waals surface area contributed by atoms with Crippen molar-refractivity contribution < 1.29 is 8.78 Å². The summed E-state index contributed by atoms with van der Waals surface area (Å²) < 4.78 is 26.6. The number of benzene rings is 2. The molecular weight excluding hydrogens is 372 g/mol. The molecule has 0 bridgehead atoms. The SMILES string of the molecule is Nc1nc(CSc2nc3cc(F)c(F)cc3[nH]2)nc(Nc2ccccc2)n1. The number of anilines is 3. The van der Waals surface area contributed by atoms with Crippen LogP contribution < -0.4 is 11.1 Å².